The number of phenolic OH excluding ortho intramolecular Hbond substituents is 2. The van der Waals surface area contributed by atoms with Crippen LogP contribution in [0, 0.1) is 0 Å². The predicted molar refractivity (Wildman–Crippen MR) is 131 cm³/mol. The molecule has 0 aromatic heterocycles. The molecule has 1 aliphatic heterocycles. The molecule has 1 saturated heterocycles. The number of nitrogens with zero attached hydrogens (tertiary/aromatic N) is 2. The second-order valence-electron chi connectivity index (χ2n) is 9.17. The number of aromatic hydroxyl groups is 2. The summed E-state index contributed by atoms with van der Waals surface area (Å²) in [6.45, 7) is 8.59. The molecule has 0 unspecified atom stereocenters. The van der Waals surface area contributed by atoms with E-state index in [1.165, 1.54) is 0 Å². The number of benzene rings is 3. The average molecular weight is 445 g/mol. The summed E-state index contributed by atoms with van der Waals surface area (Å²) in [6.07, 6.45) is 0. The molecule has 3 aromatic carbocycles. The molecule has 0 spiro atoms. The maximum absolute atomic E-state index is 11.8. The molecule has 33 heavy (non-hydrogen) atoms. The maximum Gasteiger partial charge on any atom is 0.159 e. The van der Waals surface area contributed by atoms with Crippen LogP contribution in [0.15, 0.2) is 72.8 Å². The molecule has 5 heteroatoms. The standard InChI is InChI=1S/C28H32N2O3/c1-19-17-30(20(2)16-29(19)18-22-6-4-8-26(32)14-22)28(25-7-5-9-27(33)15-25)24-12-10-23(11-13-24)21(3)31/h4-15,19-20,28,32-33H,16-18H2,1-3H3/t19-,20+,28-/m1/s1. The number of carbonyl (C=O) groups is 1. The summed E-state index contributed by atoms with van der Waals surface area (Å²) >= 11 is 0. The van der Waals surface area contributed by atoms with Crippen molar-refractivity contribution < 1.29 is 15.0 Å². The summed E-state index contributed by atoms with van der Waals surface area (Å²) in [6, 6.07) is 23.3. The number of rotatable bonds is 6. The Morgan fingerprint density at radius 3 is 2.18 bits per heavy atom. The van der Waals surface area contributed by atoms with Crippen molar-refractivity contribution in [2.45, 2.75) is 45.4 Å². The summed E-state index contributed by atoms with van der Waals surface area (Å²) in [5.41, 5.74) is 3.94. The van der Waals surface area contributed by atoms with Crippen LogP contribution < -0.4 is 0 Å². The molecule has 0 aliphatic carbocycles. The van der Waals surface area contributed by atoms with E-state index in [4.69, 9.17) is 0 Å². The predicted octanol–water partition coefficient (Wildman–Crippen LogP) is 4.98. The average Bonchev–Trinajstić information content (AvgIpc) is 2.78. The van der Waals surface area contributed by atoms with E-state index in [0.29, 0.717) is 17.4 Å². The van der Waals surface area contributed by atoms with Crippen LogP contribution in [0.5, 0.6) is 11.5 Å². The molecule has 5 nitrogen and oxygen atoms in total. The Morgan fingerprint density at radius 2 is 1.55 bits per heavy atom. The van der Waals surface area contributed by atoms with Gasteiger partial charge in [-0.25, -0.2) is 0 Å². The van der Waals surface area contributed by atoms with Crippen molar-refractivity contribution in [1.29, 1.82) is 0 Å². The fourth-order valence-electron chi connectivity index (χ4n) is 4.86. The van der Waals surface area contributed by atoms with Gasteiger partial charge in [0.15, 0.2) is 5.78 Å². The molecule has 0 radical (unpaired) electrons. The lowest BCUT2D eigenvalue weighted by molar-refractivity contribution is 0.0195. The van der Waals surface area contributed by atoms with E-state index in [9.17, 15) is 15.0 Å². The highest BCUT2D eigenvalue weighted by Crippen LogP contribution is 2.35. The lowest BCUT2D eigenvalue weighted by Crippen LogP contribution is -2.56. The smallest absolute Gasteiger partial charge is 0.159 e. The summed E-state index contributed by atoms with van der Waals surface area (Å²) in [5.74, 6) is 0.601. The molecule has 0 saturated carbocycles. The first kappa shape index (κ1) is 23.0. The van der Waals surface area contributed by atoms with E-state index in [0.717, 1.165) is 36.3 Å². The minimum absolute atomic E-state index is 0.0292. The van der Waals surface area contributed by atoms with Gasteiger partial charge in [-0.3, -0.25) is 14.6 Å². The number of ketones is 1. The number of piperazine rings is 1. The summed E-state index contributed by atoms with van der Waals surface area (Å²) < 4.78 is 0. The van der Waals surface area contributed by atoms with Gasteiger partial charge in [0.05, 0.1) is 6.04 Å². The van der Waals surface area contributed by atoms with Gasteiger partial charge in [-0.15, -0.1) is 0 Å². The van der Waals surface area contributed by atoms with Gasteiger partial charge in [-0.1, -0.05) is 48.5 Å². The van der Waals surface area contributed by atoms with Crippen LogP contribution in [0.3, 0.4) is 0 Å². The number of phenols is 2. The summed E-state index contributed by atoms with van der Waals surface area (Å²) in [5, 5.41) is 20.0. The van der Waals surface area contributed by atoms with Crippen molar-refractivity contribution in [2.75, 3.05) is 13.1 Å². The quantitative estimate of drug-likeness (QED) is 0.525. The SMILES string of the molecule is CC(=O)c1ccc([C@H](c2cccc(O)c2)N2C[C@@H](C)N(Cc3cccc(O)c3)C[C@@H]2C)cc1. The molecule has 4 rings (SSSR count). The largest absolute Gasteiger partial charge is 0.508 e. The van der Waals surface area contributed by atoms with E-state index >= 15 is 0 Å². The molecule has 3 aromatic rings. The molecule has 1 fully saturated rings. The summed E-state index contributed by atoms with van der Waals surface area (Å²) in [4.78, 5) is 16.7. The van der Waals surface area contributed by atoms with E-state index < -0.39 is 0 Å². The Hall–Kier alpha value is -3.15. The highest BCUT2D eigenvalue weighted by atomic mass is 16.3. The minimum Gasteiger partial charge on any atom is -0.508 e. The Bertz CT molecular complexity index is 1110. The molecule has 0 amide bonds. The number of carbonyl (C=O) groups excluding carboxylic acids is 1. The minimum atomic E-state index is -0.0292. The van der Waals surface area contributed by atoms with Crippen LogP contribution in [-0.2, 0) is 6.54 Å². The van der Waals surface area contributed by atoms with E-state index in [2.05, 4.69) is 35.8 Å². The van der Waals surface area contributed by atoms with Crippen LogP contribution in [0.4, 0.5) is 0 Å². The number of hydrogen-bond donors (Lipinski definition) is 2. The van der Waals surface area contributed by atoms with Gasteiger partial charge in [-0.2, -0.15) is 0 Å². The highest BCUT2D eigenvalue weighted by Gasteiger charge is 2.35. The van der Waals surface area contributed by atoms with Crippen molar-refractivity contribution in [3.8, 4) is 11.5 Å². The van der Waals surface area contributed by atoms with Crippen molar-refractivity contribution in [2.24, 2.45) is 0 Å². The first-order chi connectivity index (χ1) is 15.8. The van der Waals surface area contributed by atoms with Crippen molar-refractivity contribution in [1.82, 2.24) is 9.80 Å². The van der Waals surface area contributed by atoms with Crippen LogP contribution in [0.1, 0.15) is 53.9 Å². The van der Waals surface area contributed by atoms with Gasteiger partial charge < -0.3 is 10.2 Å². The Morgan fingerprint density at radius 1 is 0.879 bits per heavy atom. The maximum atomic E-state index is 11.8. The van der Waals surface area contributed by atoms with Crippen LogP contribution in [-0.4, -0.2) is 51.0 Å². The fourth-order valence-corrected chi connectivity index (χ4v) is 4.86. The van der Waals surface area contributed by atoms with Gasteiger partial charge in [0.25, 0.3) is 0 Å². The molecule has 2 N–H and O–H groups in total. The van der Waals surface area contributed by atoms with Crippen molar-refractivity contribution in [3.05, 3.63) is 95.1 Å². The third-order valence-corrected chi connectivity index (χ3v) is 6.61. The van der Waals surface area contributed by atoms with Crippen molar-refractivity contribution >= 4 is 5.78 Å². The second kappa shape index (κ2) is 9.77. The zero-order chi connectivity index (χ0) is 23.5. The Balaban J connectivity index is 1.62. The molecule has 0 bridgehead atoms. The molecule has 1 heterocycles. The van der Waals surface area contributed by atoms with Gasteiger partial charge in [0, 0.05) is 37.3 Å². The monoisotopic (exact) mass is 444 g/mol. The molecule has 1 aliphatic rings. The molecular weight excluding hydrogens is 412 g/mol. The number of hydrogen-bond acceptors (Lipinski definition) is 5. The lowest BCUT2D eigenvalue weighted by atomic mass is 9.92. The van der Waals surface area contributed by atoms with E-state index in [1.807, 2.05) is 48.5 Å². The lowest BCUT2D eigenvalue weighted by Gasteiger charge is -2.47. The topological polar surface area (TPSA) is 64.0 Å². The molecular formula is C28H32N2O3. The van der Waals surface area contributed by atoms with E-state index in [-0.39, 0.29) is 23.6 Å². The van der Waals surface area contributed by atoms with Crippen LogP contribution in [0.2, 0.25) is 0 Å². The zero-order valence-electron chi connectivity index (χ0n) is 19.5. The van der Waals surface area contributed by atoms with Gasteiger partial charge in [0.2, 0.25) is 0 Å². The first-order valence-electron chi connectivity index (χ1n) is 11.5. The normalized spacial score (nSPS) is 20.5. The Kier molecular flexibility index (Phi) is 6.82. The fraction of sp³-hybridized carbons (Fsp3) is 0.321. The molecule has 3 atom stereocenters. The van der Waals surface area contributed by atoms with Crippen LogP contribution in [0.25, 0.3) is 0 Å². The van der Waals surface area contributed by atoms with Crippen LogP contribution >= 0.6 is 0 Å². The second-order valence-corrected chi connectivity index (χ2v) is 9.17. The highest BCUT2D eigenvalue weighted by molar-refractivity contribution is 5.94. The summed E-state index contributed by atoms with van der Waals surface area (Å²) in [7, 11) is 0. The third kappa shape index (κ3) is 5.27. The zero-order valence-corrected chi connectivity index (χ0v) is 19.5. The number of Topliss-reactive ketones (excluding diaryl/α,β-unsaturated/α-hetero) is 1. The van der Waals surface area contributed by atoms with Gasteiger partial charge in [0.1, 0.15) is 11.5 Å². The van der Waals surface area contributed by atoms with E-state index in [1.54, 1.807) is 19.1 Å². The third-order valence-electron chi connectivity index (χ3n) is 6.61. The Labute approximate surface area is 195 Å². The molecule has 172 valence electrons. The first-order valence-corrected chi connectivity index (χ1v) is 11.5. The van der Waals surface area contributed by atoms with Crippen molar-refractivity contribution in [3.63, 3.8) is 0 Å². The van der Waals surface area contributed by atoms with Gasteiger partial charge >= 0.3 is 0 Å². The van der Waals surface area contributed by atoms with Gasteiger partial charge in [-0.05, 0) is 61.7 Å².